The van der Waals surface area contributed by atoms with Crippen molar-refractivity contribution in [2.24, 2.45) is 0 Å². The van der Waals surface area contributed by atoms with E-state index in [1.807, 2.05) is 6.07 Å². The number of halogens is 1. The van der Waals surface area contributed by atoms with Gasteiger partial charge in [-0.3, -0.25) is 0 Å². The van der Waals surface area contributed by atoms with E-state index >= 15 is 0 Å². The molecule has 1 heterocycles. The van der Waals surface area contributed by atoms with Crippen molar-refractivity contribution < 1.29 is 47.8 Å². The van der Waals surface area contributed by atoms with E-state index in [2.05, 4.69) is 14.1 Å². The van der Waals surface area contributed by atoms with Crippen LogP contribution < -0.4 is 28.7 Å². The molecule has 2 aromatic rings. The van der Waals surface area contributed by atoms with E-state index in [1.165, 1.54) is 0 Å². The van der Waals surface area contributed by atoms with E-state index in [4.69, 9.17) is 9.47 Å². The zero-order valence-corrected chi connectivity index (χ0v) is 18.8. The summed E-state index contributed by atoms with van der Waals surface area (Å²) >= 11 is 0. The van der Waals surface area contributed by atoms with Gasteiger partial charge in [0, 0.05) is 12.8 Å². The van der Waals surface area contributed by atoms with Crippen molar-refractivity contribution >= 4 is 5.97 Å². The molecule has 5 nitrogen and oxygen atoms in total. The van der Waals surface area contributed by atoms with Gasteiger partial charge in [-0.05, 0) is 23.3 Å². The van der Waals surface area contributed by atoms with Crippen LogP contribution in [-0.4, -0.2) is 56.0 Å². The quantitative estimate of drug-likeness (QED) is 0.351. The van der Waals surface area contributed by atoms with Crippen molar-refractivity contribution in [2.45, 2.75) is 24.5 Å². The molecule has 28 heavy (non-hydrogen) atoms. The number of esters is 1. The molecule has 0 aromatic heterocycles. The van der Waals surface area contributed by atoms with Crippen LogP contribution in [-0.2, 0) is 15.1 Å². The summed E-state index contributed by atoms with van der Waals surface area (Å²) in [5.41, 5.74) is -0.895. The number of likely N-dealkylation sites (tertiary alicyclic amines) is 1. The van der Waals surface area contributed by atoms with Crippen molar-refractivity contribution in [2.75, 3.05) is 34.3 Å². The summed E-state index contributed by atoms with van der Waals surface area (Å²) in [5.74, 6) is 0.0332. The first kappa shape index (κ1) is 22.6. The fraction of sp³-hybridized carbons (Fsp3) is 0.409. The summed E-state index contributed by atoms with van der Waals surface area (Å²) in [7, 11) is 5.93. The summed E-state index contributed by atoms with van der Waals surface area (Å²) in [4.78, 5) is 13.1. The van der Waals surface area contributed by atoms with Gasteiger partial charge in [0.15, 0.2) is 0 Å². The summed E-state index contributed by atoms with van der Waals surface area (Å²) in [5, 5.41) is 11.5. The lowest BCUT2D eigenvalue weighted by Gasteiger charge is -2.38. The monoisotopic (exact) mass is 497 g/mol. The predicted molar refractivity (Wildman–Crippen MR) is 103 cm³/mol. The lowest BCUT2D eigenvalue weighted by molar-refractivity contribution is -0.896. The lowest BCUT2D eigenvalue weighted by atomic mass is 9.86. The van der Waals surface area contributed by atoms with Gasteiger partial charge in [0.1, 0.15) is 11.9 Å². The standard InChI is InChI=1S/C22H28NO4.HI/c1-23(2)15-13-20(14-16-23)27-21(24)22(25,17-7-5-4-6-8-17)18-9-11-19(26-3)12-10-18;/h4-12,20,25H,13-16H2,1-3H3;1H/q+1;/p-1. The number of hydrogen-bond donors (Lipinski definition) is 1. The minimum atomic E-state index is -1.85. The number of rotatable bonds is 5. The molecule has 1 aliphatic heterocycles. The number of piperidine rings is 1. The van der Waals surface area contributed by atoms with Crippen LogP contribution in [0.3, 0.4) is 0 Å². The van der Waals surface area contributed by atoms with Crippen molar-refractivity contribution in [1.82, 2.24) is 0 Å². The number of ether oxygens (including phenoxy) is 2. The van der Waals surface area contributed by atoms with E-state index in [0.29, 0.717) is 16.9 Å². The molecule has 0 saturated carbocycles. The average molecular weight is 497 g/mol. The maximum atomic E-state index is 13.1. The third-order valence-corrected chi connectivity index (χ3v) is 5.38. The maximum Gasteiger partial charge on any atom is 0.347 e. The van der Waals surface area contributed by atoms with Crippen LogP contribution in [0.25, 0.3) is 0 Å². The zero-order chi connectivity index (χ0) is 19.5. The average Bonchev–Trinajstić information content (AvgIpc) is 2.69. The number of aliphatic hydroxyl groups is 1. The van der Waals surface area contributed by atoms with Crippen LogP contribution in [0.5, 0.6) is 5.75 Å². The second-order valence-electron chi connectivity index (χ2n) is 7.79. The number of methoxy groups -OCH3 is 1. The Bertz CT molecular complexity index is 769. The van der Waals surface area contributed by atoms with E-state index in [-0.39, 0.29) is 30.1 Å². The van der Waals surface area contributed by atoms with E-state index in [1.54, 1.807) is 55.6 Å². The molecule has 6 heteroatoms. The highest BCUT2D eigenvalue weighted by molar-refractivity contribution is 5.85. The normalized spacial score (nSPS) is 18.4. The number of benzene rings is 2. The number of nitrogens with zero attached hydrogens (tertiary/aromatic N) is 1. The molecule has 1 aliphatic rings. The molecule has 0 bridgehead atoms. The second kappa shape index (κ2) is 9.24. The Hall–Kier alpha value is -1.64. The smallest absolute Gasteiger partial charge is 0.347 e. The van der Waals surface area contributed by atoms with Gasteiger partial charge >= 0.3 is 5.97 Å². The molecular weight excluding hydrogens is 469 g/mol. The predicted octanol–water partition coefficient (Wildman–Crippen LogP) is -0.283. The molecule has 2 aromatic carbocycles. The van der Waals surface area contributed by atoms with Crippen LogP contribution in [0.4, 0.5) is 0 Å². The zero-order valence-electron chi connectivity index (χ0n) is 16.6. The van der Waals surface area contributed by atoms with Gasteiger partial charge in [-0.15, -0.1) is 0 Å². The van der Waals surface area contributed by atoms with Gasteiger partial charge in [-0.2, -0.15) is 0 Å². The van der Waals surface area contributed by atoms with Gasteiger partial charge in [0.2, 0.25) is 5.60 Å². The van der Waals surface area contributed by atoms with Crippen LogP contribution in [0.15, 0.2) is 54.6 Å². The molecule has 0 spiro atoms. The minimum Gasteiger partial charge on any atom is -1.00 e. The number of quaternary nitrogens is 1. The number of carbonyl (C=O) groups is 1. The first-order chi connectivity index (χ1) is 12.8. The van der Waals surface area contributed by atoms with Crippen molar-refractivity contribution in [3.8, 4) is 5.75 Å². The third kappa shape index (κ3) is 4.85. The van der Waals surface area contributed by atoms with Crippen molar-refractivity contribution in [1.29, 1.82) is 0 Å². The highest BCUT2D eigenvalue weighted by atomic mass is 127. The van der Waals surface area contributed by atoms with Gasteiger partial charge in [0.25, 0.3) is 0 Å². The van der Waals surface area contributed by atoms with Crippen molar-refractivity contribution in [3.63, 3.8) is 0 Å². The Morgan fingerprint density at radius 3 is 2.07 bits per heavy atom. The second-order valence-corrected chi connectivity index (χ2v) is 7.79. The van der Waals surface area contributed by atoms with Gasteiger partial charge in [-0.1, -0.05) is 42.5 Å². The Labute approximate surface area is 183 Å². The highest BCUT2D eigenvalue weighted by Gasteiger charge is 2.43. The largest absolute Gasteiger partial charge is 1.00 e. The Kier molecular flexibility index (Phi) is 7.47. The van der Waals surface area contributed by atoms with Crippen LogP contribution >= 0.6 is 0 Å². The molecule has 3 rings (SSSR count). The molecule has 0 amide bonds. The summed E-state index contributed by atoms with van der Waals surface area (Å²) < 4.78 is 11.9. The summed E-state index contributed by atoms with van der Waals surface area (Å²) in [6.07, 6.45) is 1.43. The molecule has 1 fully saturated rings. The fourth-order valence-electron chi connectivity index (χ4n) is 3.51. The third-order valence-electron chi connectivity index (χ3n) is 5.38. The van der Waals surface area contributed by atoms with E-state index in [0.717, 1.165) is 30.4 Å². The maximum absolute atomic E-state index is 13.1. The molecule has 0 aliphatic carbocycles. The van der Waals surface area contributed by atoms with Crippen molar-refractivity contribution in [3.05, 3.63) is 65.7 Å². The Morgan fingerprint density at radius 2 is 1.54 bits per heavy atom. The molecule has 1 atom stereocenters. The summed E-state index contributed by atoms with van der Waals surface area (Å²) in [6.45, 7) is 1.90. The minimum absolute atomic E-state index is 0. The Balaban J connectivity index is 0.00000280. The molecule has 1 unspecified atom stereocenters. The molecule has 1 N–H and O–H groups in total. The molecule has 152 valence electrons. The SMILES string of the molecule is COc1ccc(C(O)(C(=O)OC2CC[N+](C)(C)CC2)c2ccccc2)cc1.[I-]. The first-order valence-corrected chi connectivity index (χ1v) is 9.31. The topological polar surface area (TPSA) is 55.8 Å². The highest BCUT2D eigenvalue weighted by Crippen LogP contribution is 2.33. The van der Waals surface area contributed by atoms with Gasteiger partial charge < -0.3 is 43.0 Å². The number of carbonyl (C=O) groups excluding carboxylic acids is 1. The summed E-state index contributed by atoms with van der Waals surface area (Å²) in [6, 6.07) is 15.8. The number of hydrogen-bond acceptors (Lipinski definition) is 4. The van der Waals surface area contributed by atoms with E-state index in [9.17, 15) is 9.90 Å². The first-order valence-electron chi connectivity index (χ1n) is 9.31. The Morgan fingerprint density at radius 1 is 1.00 bits per heavy atom. The van der Waals surface area contributed by atoms with Crippen LogP contribution in [0.1, 0.15) is 24.0 Å². The lowest BCUT2D eigenvalue weighted by Crippen LogP contribution is -3.00. The van der Waals surface area contributed by atoms with Gasteiger partial charge in [0.05, 0.1) is 34.3 Å². The van der Waals surface area contributed by atoms with Crippen LogP contribution in [0, 0.1) is 0 Å². The molecule has 1 saturated heterocycles. The fourth-order valence-corrected chi connectivity index (χ4v) is 3.51. The van der Waals surface area contributed by atoms with Gasteiger partial charge in [-0.25, -0.2) is 4.79 Å². The molecular formula is C22H28INO4. The van der Waals surface area contributed by atoms with E-state index < -0.39 is 11.6 Å². The van der Waals surface area contributed by atoms with Crippen LogP contribution in [0.2, 0.25) is 0 Å². The molecule has 0 radical (unpaired) electrons.